The second-order valence-corrected chi connectivity index (χ2v) is 5.67. The van der Waals surface area contributed by atoms with Gasteiger partial charge in [0.15, 0.2) is 0 Å². The van der Waals surface area contributed by atoms with Crippen molar-refractivity contribution in [2.24, 2.45) is 0 Å². The Balaban J connectivity index is 2.19. The third kappa shape index (κ3) is 1.83. The number of benzene rings is 1. The van der Waals surface area contributed by atoms with Crippen molar-refractivity contribution >= 4 is 15.9 Å². The third-order valence-electron chi connectivity index (χ3n) is 3.76. The van der Waals surface area contributed by atoms with Gasteiger partial charge in [0, 0.05) is 6.54 Å². The number of fused-ring (bicyclic) bond motifs is 1. The van der Waals surface area contributed by atoms with Gasteiger partial charge in [-0.2, -0.15) is 5.10 Å². The lowest BCUT2D eigenvalue weighted by Crippen LogP contribution is -2.28. The molecule has 3 nitrogen and oxygen atoms in total. The highest BCUT2D eigenvalue weighted by Gasteiger charge is 2.42. The summed E-state index contributed by atoms with van der Waals surface area (Å²) >= 11 is 3.45. The minimum absolute atomic E-state index is 0.258. The van der Waals surface area contributed by atoms with Crippen LogP contribution in [0.25, 0.3) is 0 Å². The quantitative estimate of drug-likeness (QED) is 0.922. The molecule has 0 aliphatic heterocycles. The van der Waals surface area contributed by atoms with Gasteiger partial charge in [0.25, 0.3) is 0 Å². The van der Waals surface area contributed by atoms with Crippen molar-refractivity contribution in [3.05, 3.63) is 51.5 Å². The molecule has 19 heavy (non-hydrogen) atoms. The van der Waals surface area contributed by atoms with Crippen molar-refractivity contribution in [1.29, 1.82) is 0 Å². The van der Waals surface area contributed by atoms with Crippen LogP contribution < -0.4 is 0 Å². The van der Waals surface area contributed by atoms with Gasteiger partial charge in [-0.3, -0.25) is 4.68 Å². The van der Waals surface area contributed by atoms with E-state index in [9.17, 15) is 9.50 Å². The summed E-state index contributed by atoms with van der Waals surface area (Å²) in [6.45, 7) is 2.66. The second kappa shape index (κ2) is 4.42. The molecule has 1 aromatic carbocycles. The van der Waals surface area contributed by atoms with E-state index < -0.39 is 5.60 Å². The molecular formula is C14H14BrFN2O. The topological polar surface area (TPSA) is 38.0 Å². The van der Waals surface area contributed by atoms with Gasteiger partial charge < -0.3 is 5.11 Å². The van der Waals surface area contributed by atoms with E-state index in [0.29, 0.717) is 19.4 Å². The standard InChI is InChI=1S/C14H14BrFN2O/c1-2-18-13(12(15)8-17-18)14(19)6-5-9-7-10(16)3-4-11(9)14/h3-4,7-8,19H,2,5-6H2,1H3. The first kappa shape index (κ1) is 12.8. The Bertz CT molecular complexity index is 640. The zero-order valence-corrected chi connectivity index (χ0v) is 12.1. The summed E-state index contributed by atoms with van der Waals surface area (Å²) in [4.78, 5) is 0. The Morgan fingerprint density at radius 3 is 3.05 bits per heavy atom. The van der Waals surface area contributed by atoms with Crippen LogP contribution in [0.4, 0.5) is 4.39 Å². The van der Waals surface area contributed by atoms with Gasteiger partial charge in [-0.25, -0.2) is 4.39 Å². The van der Waals surface area contributed by atoms with Crippen molar-refractivity contribution in [2.75, 3.05) is 0 Å². The normalized spacial score (nSPS) is 21.7. The summed E-state index contributed by atoms with van der Waals surface area (Å²) in [7, 11) is 0. The molecule has 3 rings (SSSR count). The fraction of sp³-hybridized carbons (Fsp3) is 0.357. The monoisotopic (exact) mass is 324 g/mol. The second-order valence-electron chi connectivity index (χ2n) is 4.82. The van der Waals surface area contributed by atoms with E-state index >= 15 is 0 Å². The summed E-state index contributed by atoms with van der Waals surface area (Å²) in [6, 6.07) is 4.58. The van der Waals surface area contributed by atoms with Crippen molar-refractivity contribution in [3.63, 3.8) is 0 Å². The summed E-state index contributed by atoms with van der Waals surface area (Å²) in [5.41, 5.74) is 1.32. The molecule has 1 heterocycles. The van der Waals surface area contributed by atoms with Gasteiger partial charge in [-0.15, -0.1) is 0 Å². The third-order valence-corrected chi connectivity index (χ3v) is 4.34. The highest BCUT2D eigenvalue weighted by molar-refractivity contribution is 9.10. The minimum Gasteiger partial charge on any atom is -0.379 e. The number of nitrogens with zero attached hydrogens (tertiary/aromatic N) is 2. The number of hydrogen-bond acceptors (Lipinski definition) is 2. The summed E-state index contributed by atoms with van der Waals surface area (Å²) < 4.78 is 15.8. The van der Waals surface area contributed by atoms with Crippen LogP contribution in [0.3, 0.4) is 0 Å². The smallest absolute Gasteiger partial charge is 0.133 e. The lowest BCUT2D eigenvalue weighted by Gasteiger charge is -2.25. The fourth-order valence-electron chi connectivity index (χ4n) is 2.88. The van der Waals surface area contributed by atoms with Gasteiger partial charge in [0.05, 0.1) is 16.4 Å². The molecule has 0 amide bonds. The Labute approximate surface area is 119 Å². The van der Waals surface area contributed by atoms with Crippen LogP contribution in [0, 0.1) is 5.82 Å². The minimum atomic E-state index is -1.09. The molecular weight excluding hydrogens is 311 g/mol. The van der Waals surface area contributed by atoms with E-state index in [-0.39, 0.29) is 5.82 Å². The highest BCUT2D eigenvalue weighted by Crippen LogP contribution is 2.44. The molecule has 0 spiro atoms. The van der Waals surface area contributed by atoms with Crippen LogP contribution in [0.15, 0.2) is 28.9 Å². The van der Waals surface area contributed by atoms with Gasteiger partial charge in [-0.1, -0.05) is 6.07 Å². The van der Waals surface area contributed by atoms with Crippen molar-refractivity contribution in [1.82, 2.24) is 9.78 Å². The van der Waals surface area contributed by atoms with Crippen molar-refractivity contribution in [2.45, 2.75) is 31.9 Å². The Kier molecular flexibility index (Phi) is 2.98. The zero-order valence-electron chi connectivity index (χ0n) is 10.5. The van der Waals surface area contributed by atoms with E-state index in [0.717, 1.165) is 21.3 Å². The SMILES string of the molecule is CCn1ncc(Br)c1C1(O)CCc2cc(F)ccc21. The Hall–Kier alpha value is -1.20. The first-order valence-electron chi connectivity index (χ1n) is 6.29. The molecule has 5 heteroatoms. The summed E-state index contributed by atoms with van der Waals surface area (Å²) in [6.07, 6.45) is 2.92. The number of aliphatic hydroxyl groups is 1. The molecule has 1 atom stereocenters. The van der Waals surface area contributed by atoms with E-state index in [1.807, 2.05) is 6.92 Å². The number of hydrogen-bond donors (Lipinski definition) is 1. The van der Waals surface area contributed by atoms with Crippen LogP contribution in [-0.2, 0) is 18.6 Å². The van der Waals surface area contributed by atoms with Crippen LogP contribution in [0.5, 0.6) is 0 Å². The Morgan fingerprint density at radius 1 is 1.53 bits per heavy atom. The molecule has 1 aliphatic rings. The van der Waals surface area contributed by atoms with Crippen LogP contribution in [0.2, 0.25) is 0 Å². The molecule has 1 unspecified atom stereocenters. The molecule has 2 aromatic rings. The molecule has 100 valence electrons. The van der Waals surface area contributed by atoms with Gasteiger partial charge in [0.2, 0.25) is 0 Å². The zero-order chi connectivity index (χ0) is 13.6. The lowest BCUT2D eigenvalue weighted by atomic mass is 9.92. The van der Waals surface area contributed by atoms with E-state index in [1.165, 1.54) is 12.1 Å². The lowest BCUT2D eigenvalue weighted by molar-refractivity contribution is 0.0722. The summed E-state index contributed by atoms with van der Waals surface area (Å²) in [5, 5.41) is 15.3. The molecule has 1 aliphatic carbocycles. The van der Waals surface area contributed by atoms with Crippen molar-refractivity contribution in [3.8, 4) is 0 Å². The van der Waals surface area contributed by atoms with Crippen LogP contribution >= 0.6 is 15.9 Å². The molecule has 1 N–H and O–H groups in total. The average molecular weight is 325 g/mol. The highest BCUT2D eigenvalue weighted by atomic mass is 79.9. The average Bonchev–Trinajstić information content (AvgIpc) is 2.91. The van der Waals surface area contributed by atoms with Gasteiger partial charge in [-0.05, 0) is 59.0 Å². The van der Waals surface area contributed by atoms with Gasteiger partial charge >= 0.3 is 0 Å². The van der Waals surface area contributed by atoms with Crippen LogP contribution in [-0.4, -0.2) is 14.9 Å². The Morgan fingerprint density at radius 2 is 2.32 bits per heavy atom. The maximum absolute atomic E-state index is 13.3. The van der Waals surface area contributed by atoms with E-state index in [2.05, 4.69) is 21.0 Å². The fourth-order valence-corrected chi connectivity index (χ4v) is 3.51. The number of halogens is 2. The largest absolute Gasteiger partial charge is 0.379 e. The molecule has 0 fully saturated rings. The first-order valence-corrected chi connectivity index (χ1v) is 7.08. The summed E-state index contributed by atoms with van der Waals surface area (Å²) in [5.74, 6) is -0.258. The molecule has 0 saturated heterocycles. The predicted molar refractivity (Wildman–Crippen MR) is 73.3 cm³/mol. The number of aromatic nitrogens is 2. The number of aryl methyl sites for hydroxylation is 2. The van der Waals surface area contributed by atoms with Crippen LogP contribution in [0.1, 0.15) is 30.2 Å². The first-order chi connectivity index (χ1) is 9.06. The molecule has 0 radical (unpaired) electrons. The molecule has 0 bridgehead atoms. The van der Waals surface area contributed by atoms with Crippen molar-refractivity contribution < 1.29 is 9.50 Å². The molecule has 1 aromatic heterocycles. The predicted octanol–water partition coefficient (Wildman–Crippen LogP) is 2.99. The maximum Gasteiger partial charge on any atom is 0.133 e. The van der Waals surface area contributed by atoms with Gasteiger partial charge in [0.1, 0.15) is 11.4 Å². The molecule has 0 saturated carbocycles. The number of rotatable bonds is 2. The maximum atomic E-state index is 13.3. The van der Waals surface area contributed by atoms with E-state index in [4.69, 9.17) is 0 Å². The van der Waals surface area contributed by atoms with E-state index in [1.54, 1.807) is 16.9 Å².